The molecule has 0 saturated heterocycles. The molecule has 128 valence electrons. The fraction of sp³-hybridized carbons (Fsp3) is 1.00. The normalized spacial score (nSPS) is 10.9. The van der Waals surface area contributed by atoms with Crippen LogP contribution in [0.15, 0.2) is 0 Å². The molecular weight excluding hydrogens is 268 g/mol. The SMILES string of the molecule is CCCCCCCCCCCC[N+](C)(C)CC.O=[N+]([O-])[O-]. The average Bonchev–Trinajstić information content (AvgIpc) is 2.40. The van der Waals surface area contributed by atoms with E-state index in [2.05, 4.69) is 27.9 Å². The van der Waals surface area contributed by atoms with Crippen LogP contribution < -0.4 is 0 Å². The molecule has 0 aliphatic heterocycles. The third-order valence-corrected chi connectivity index (χ3v) is 3.97. The minimum atomic E-state index is -1.75. The molecule has 0 atom stereocenters. The smallest absolute Gasteiger partial charge is 0.0782 e. The van der Waals surface area contributed by atoms with Crippen LogP contribution in [0.5, 0.6) is 0 Å². The van der Waals surface area contributed by atoms with Crippen molar-refractivity contribution >= 4 is 0 Å². The van der Waals surface area contributed by atoms with Gasteiger partial charge in [-0.05, 0) is 19.8 Å². The summed E-state index contributed by atoms with van der Waals surface area (Å²) in [6, 6.07) is 0. The Morgan fingerprint density at radius 2 is 1.10 bits per heavy atom. The molecule has 0 saturated carbocycles. The van der Waals surface area contributed by atoms with Crippen LogP contribution in [0.3, 0.4) is 0 Å². The number of quaternary nitrogens is 1. The van der Waals surface area contributed by atoms with Crippen LogP contribution in [0, 0.1) is 15.3 Å². The van der Waals surface area contributed by atoms with Gasteiger partial charge >= 0.3 is 0 Å². The molecule has 21 heavy (non-hydrogen) atoms. The number of hydrogen-bond donors (Lipinski definition) is 0. The number of rotatable bonds is 12. The summed E-state index contributed by atoms with van der Waals surface area (Å²) < 4.78 is 1.19. The first-order valence-corrected chi connectivity index (χ1v) is 8.49. The van der Waals surface area contributed by atoms with Crippen LogP contribution in [0.2, 0.25) is 0 Å². The lowest BCUT2D eigenvalue weighted by atomic mass is 10.1. The molecule has 0 spiro atoms. The van der Waals surface area contributed by atoms with Gasteiger partial charge in [-0.1, -0.05) is 58.3 Å². The quantitative estimate of drug-likeness (QED) is 0.226. The van der Waals surface area contributed by atoms with Crippen LogP contribution in [0.1, 0.15) is 78.1 Å². The van der Waals surface area contributed by atoms with E-state index in [1.165, 1.54) is 81.8 Å². The van der Waals surface area contributed by atoms with E-state index in [-0.39, 0.29) is 0 Å². The average molecular weight is 304 g/mol. The van der Waals surface area contributed by atoms with E-state index >= 15 is 0 Å². The topological polar surface area (TPSA) is 66.2 Å². The van der Waals surface area contributed by atoms with Crippen molar-refractivity contribution in [2.45, 2.75) is 78.1 Å². The van der Waals surface area contributed by atoms with Crippen molar-refractivity contribution in [3.05, 3.63) is 15.3 Å². The summed E-state index contributed by atoms with van der Waals surface area (Å²) in [7, 11) is 4.68. The molecule has 0 aromatic carbocycles. The van der Waals surface area contributed by atoms with Crippen molar-refractivity contribution in [3.63, 3.8) is 0 Å². The predicted molar refractivity (Wildman–Crippen MR) is 89.7 cm³/mol. The van der Waals surface area contributed by atoms with Gasteiger partial charge in [0.2, 0.25) is 0 Å². The van der Waals surface area contributed by atoms with Crippen LogP contribution >= 0.6 is 0 Å². The predicted octanol–water partition coefficient (Wildman–Crippen LogP) is 4.76. The maximum absolute atomic E-state index is 8.25. The van der Waals surface area contributed by atoms with E-state index in [1.54, 1.807) is 0 Å². The Balaban J connectivity index is 0. The highest BCUT2D eigenvalue weighted by Gasteiger charge is 2.09. The molecule has 0 radical (unpaired) electrons. The van der Waals surface area contributed by atoms with Gasteiger partial charge in [-0.15, -0.1) is 0 Å². The minimum absolute atomic E-state index is 1.19. The Bertz CT molecular complexity index is 230. The zero-order chi connectivity index (χ0) is 16.6. The van der Waals surface area contributed by atoms with E-state index in [1.807, 2.05) is 0 Å². The van der Waals surface area contributed by atoms with Gasteiger partial charge in [-0.2, -0.15) is 0 Å². The van der Waals surface area contributed by atoms with Crippen molar-refractivity contribution in [1.29, 1.82) is 0 Å². The maximum Gasteiger partial charge on any atom is 0.0782 e. The lowest BCUT2D eigenvalue weighted by Gasteiger charge is -2.28. The second-order valence-corrected chi connectivity index (χ2v) is 6.38. The van der Waals surface area contributed by atoms with E-state index in [4.69, 9.17) is 15.3 Å². The van der Waals surface area contributed by atoms with Crippen molar-refractivity contribution in [1.82, 2.24) is 0 Å². The Morgan fingerprint density at radius 1 is 0.762 bits per heavy atom. The summed E-state index contributed by atoms with van der Waals surface area (Å²) >= 11 is 0. The summed E-state index contributed by atoms with van der Waals surface area (Å²) in [6.07, 6.45) is 14.4. The van der Waals surface area contributed by atoms with Gasteiger partial charge in [0.05, 0.1) is 32.3 Å². The molecule has 5 nitrogen and oxygen atoms in total. The van der Waals surface area contributed by atoms with Crippen LogP contribution in [-0.4, -0.2) is 36.8 Å². The van der Waals surface area contributed by atoms with Gasteiger partial charge < -0.3 is 19.8 Å². The molecule has 5 heteroatoms. The summed E-state index contributed by atoms with van der Waals surface area (Å²) in [5.41, 5.74) is 0. The zero-order valence-electron chi connectivity index (χ0n) is 14.6. The summed E-state index contributed by atoms with van der Waals surface area (Å²) in [5.74, 6) is 0. The fourth-order valence-electron chi connectivity index (χ4n) is 2.19. The van der Waals surface area contributed by atoms with E-state index < -0.39 is 5.09 Å². The van der Waals surface area contributed by atoms with Gasteiger partial charge in [0, 0.05) is 0 Å². The second kappa shape index (κ2) is 15.5. The van der Waals surface area contributed by atoms with Crippen LogP contribution in [0.25, 0.3) is 0 Å². The Hall–Kier alpha value is -0.840. The Morgan fingerprint density at radius 3 is 1.43 bits per heavy atom. The highest BCUT2D eigenvalue weighted by Crippen LogP contribution is 2.11. The molecule has 0 amide bonds. The molecule has 0 aliphatic carbocycles. The summed E-state index contributed by atoms with van der Waals surface area (Å²) in [5, 5.41) is 14.8. The Labute approximate surface area is 131 Å². The molecule has 0 rings (SSSR count). The van der Waals surface area contributed by atoms with Gasteiger partial charge in [0.1, 0.15) is 0 Å². The monoisotopic (exact) mass is 304 g/mol. The number of hydrogen-bond acceptors (Lipinski definition) is 3. The van der Waals surface area contributed by atoms with Crippen molar-refractivity contribution in [2.24, 2.45) is 0 Å². The van der Waals surface area contributed by atoms with Crippen molar-refractivity contribution in [2.75, 3.05) is 27.2 Å². The highest BCUT2D eigenvalue weighted by atomic mass is 16.9. The van der Waals surface area contributed by atoms with Gasteiger partial charge in [0.15, 0.2) is 0 Å². The zero-order valence-corrected chi connectivity index (χ0v) is 14.6. The first-order chi connectivity index (χ1) is 9.85. The van der Waals surface area contributed by atoms with Crippen molar-refractivity contribution in [3.8, 4) is 0 Å². The molecular formula is C16H36N2O3. The van der Waals surface area contributed by atoms with Crippen LogP contribution in [0.4, 0.5) is 0 Å². The summed E-state index contributed by atoms with van der Waals surface area (Å²) in [6.45, 7) is 7.19. The fourth-order valence-corrected chi connectivity index (χ4v) is 2.19. The van der Waals surface area contributed by atoms with Crippen molar-refractivity contribution < 1.29 is 9.57 Å². The molecule has 0 N–H and O–H groups in total. The lowest BCUT2D eigenvalue weighted by molar-refractivity contribution is -0.888. The largest absolute Gasteiger partial charge is 0.356 e. The van der Waals surface area contributed by atoms with E-state index in [0.29, 0.717) is 0 Å². The molecule has 0 heterocycles. The minimum Gasteiger partial charge on any atom is -0.356 e. The Kier molecular flexibility index (Phi) is 16.6. The number of nitrogens with zero attached hydrogens (tertiary/aromatic N) is 2. The lowest BCUT2D eigenvalue weighted by Crippen LogP contribution is -2.39. The maximum atomic E-state index is 8.25. The van der Waals surface area contributed by atoms with E-state index in [0.717, 1.165) is 0 Å². The summed E-state index contributed by atoms with van der Waals surface area (Å²) in [4.78, 5) is 8.25. The first kappa shape index (κ1) is 22.4. The molecule has 0 bridgehead atoms. The van der Waals surface area contributed by atoms with Gasteiger partial charge in [-0.25, -0.2) is 0 Å². The third-order valence-electron chi connectivity index (χ3n) is 3.97. The number of unbranched alkanes of at least 4 members (excludes halogenated alkanes) is 9. The highest BCUT2D eigenvalue weighted by molar-refractivity contribution is 4.47. The van der Waals surface area contributed by atoms with Gasteiger partial charge in [-0.3, -0.25) is 0 Å². The third kappa shape index (κ3) is 24.5. The van der Waals surface area contributed by atoms with Gasteiger partial charge in [0.25, 0.3) is 0 Å². The molecule has 0 aliphatic rings. The molecule has 0 fully saturated rings. The molecule has 0 aromatic heterocycles. The molecule has 0 unspecified atom stereocenters. The second-order valence-electron chi connectivity index (χ2n) is 6.38. The van der Waals surface area contributed by atoms with E-state index in [9.17, 15) is 0 Å². The molecule has 0 aromatic rings. The van der Waals surface area contributed by atoms with Crippen LogP contribution in [-0.2, 0) is 0 Å². The standard InChI is InChI=1S/C16H36N.NO3/c1-5-7-8-9-10-11-12-13-14-15-16-17(3,4)6-2;2-1(3)4/h5-16H2,1-4H3;/q+1;-1. The first-order valence-electron chi connectivity index (χ1n) is 8.49.